The Labute approximate surface area is 153 Å². The zero-order valence-electron chi connectivity index (χ0n) is 15.2. The Morgan fingerprint density at radius 2 is 1.88 bits per heavy atom. The molecule has 2 fully saturated rings. The quantitative estimate of drug-likeness (QED) is 0.871. The van der Waals surface area contributed by atoms with Gasteiger partial charge < -0.3 is 20.3 Å². The number of piperidine rings is 1. The lowest BCUT2D eigenvalue weighted by Crippen LogP contribution is -2.44. The molecule has 1 atom stereocenters. The number of aryl methyl sites for hydroxylation is 1. The van der Waals surface area contributed by atoms with Crippen LogP contribution in [-0.4, -0.2) is 49.4 Å². The molecule has 1 aromatic carbocycles. The second-order valence-electron chi connectivity index (χ2n) is 7.08. The number of hydrogen-bond acceptors (Lipinski definition) is 4. The molecule has 2 heterocycles. The van der Waals surface area contributed by atoms with Crippen LogP contribution in [-0.2, 0) is 14.4 Å². The van der Waals surface area contributed by atoms with Crippen LogP contribution in [0.1, 0.15) is 24.8 Å². The van der Waals surface area contributed by atoms with Gasteiger partial charge in [-0.3, -0.25) is 14.4 Å². The zero-order chi connectivity index (χ0) is 18.8. The average Bonchev–Trinajstić information content (AvgIpc) is 3.02. The molecular formula is C19H25N3O4. The predicted octanol–water partition coefficient (Wildman–Crippen LogP) is 1.08. The number of methoxy groups -OCH3 is 1. The van der Waals surface area contributed by atoms with Crippen LogP contribution >= 0.6 is 0 Å². The number of nitrogens with two attached hydrogens (primary N) is 1. The van der Waals surface area contributed by atoms with Crippen molar-refractivity contribution in [1.82, 2.24) is 4.90 Å². The van der Waals surface area contributed by atoms with E-state index in [4.69, 9.17) is 10.5 Å². The standard InChI is InChI=1S/C19H25N3O4/c1-12-3-4-16(26-2)15(9-12)22-11-14(10-17(22)23)19(25)21-7-5-13(6-8-21)18(20)24/h3-4,9,13-14H,5-8,10-11H2,1-2H3,(H2,20,24). The van der Waals surface area contributed by atoms with Gasteiger partial charge in [-0.2, -0.15) is 0 Å². The summed E-state index contributed by atoms with van der Waals surface area (Å²) in [4.78, 5) is 40.0. The van der Waals surface area contributed by atoms with E-state index in [2.05, 4.69) is 0 Å². The topological polar surface area (TPSA) is 92.9 Å². The molecule has 2 aliphatic heterocycles. The highest BCUT2D eigenvalue weighted by Gasteiger charge is 2.39. The fourth-order valence-corrected chi connectivity index (χ4v) is 3.76. The number of anilines is 1. The molecule has 26 heavy (non-hydrogen) atoms. The first kappa shape index (κ1) is 18.2. The molecule has 0 aliphatic carbocycles. The third-order valence-electron chi connectivity index (χ3n) is 5.31. The molecule has 140 valence electrons. The van der Waals surface area contributed by atoms with Crippen molar-refractivity contribution < 1.29 is 19.1 Å². The molecular weight excluding hydrogens is 334 g/mol. The normalized spacial score (nSPS) is 21.2. The molecule has 2 aliphatic rings. The minimum atomic E-state index is -0.363. The number of carbonyl (C=O) groups is 3. The summed E-state index contributed by atoms with van der Waals surface area (Å²) in [5.41, 5.74) is 7.08. The average molecular weight is 359 g/mol. The van der Waals surface area contributed by atoms with E-state index in [9.17, 15) is 14.4 Å². The Hall–Kier alpha value is -2.57. The van der Waals surface area contributed by atoms with Gasteiger partial charge in [-0.25, -0.2) is 0 Å². The van der Waals surface area contributed by atoms with Crippen LogP contribution in [0.15, 0.2) is 18.2 Å². The summed E-state index contributed by atoms with van der Waals surface area (Å²) in [5, 5.41) is 0. The summed E-state index contributed by atoms with van der Waals surface area (Å²) in [6, 6.07) is 5.66. The van der Waals surface area contributed by atoms with Gasteiger partial charge in [-0.1, -0.05) is 6.07 Å². The number of nitrogens with zero attached hydrogens (tertiary/aromatic N) is 2. The maximum Gasteiger partial charge on any atom is 0.228 e. The molecule has 0 bridgehead atoms. The van der Waals surface area contributed by atoms with Gasteiger partial charge in [0.25, 0.3) is 0 Å². The first-order chi connectivity index (χ1) is 12.4. The first-order valence-electron chi connectivity index (χ1n) is 8.93. The Kier molecular flexibility index (Phi) is 5.15. The van der Waals surface area contributed by atoms with E-state index in [1.807, 2.05) is 25.1 Å². The monoisotopic (exact) mass is 359 g/mol. The SMILES string of the molecule is COc1ccc(C)cc1N1CC(C(=O)N2CCC(C(N)=O)CC2)CC1=O. The molecule has 0 aromatic heterocycles. The molecule has 3 amide bonds. The molecule has 0 saturated carbocycles. The number of amides is 3. The molecule has 0 spiro atoms. The maximum absolute atomic E-state index is 12.8. The van der Waals surface area contributed by atoms with E-state index in [1.165, 1.54) is 0 Å². The minimum absolute atomic E-state index is 0.0182. The second-order valence-corrected chi connectivity index (χ2v) is 7.08. The molecule has 7 heteroatoms. The van der Waals surface area contributed by atoms with Crippen molar-refractivity contribution in [2.24, 2.45) is 17.6 Å². The Bertz CT molecular complexity index is 725. The van der Waals surface area contributed by atoms with Crippen LogP contribution in [0.25, 0.3) is 0 Å². The summed E-state index contributed by atoms with van der Waals surface area (Å²) in [7, 11) is 1.57. The van der Waals surface area contributed by atoms with Crippen LogP contribution in [0, 0.1) is 18.8 Å². The molecule has 3 rings (SSSR count). The van der Waals surface area contributed by atoms with Gasteiger partial charge in [-0.15, -0.1) is 0 Å². The summed E-state index contributed by atoms with van der Waals surface area (Å²) in [6.45, 7) is 3.35. The van der Waals surface area contributed by atoms with Crippen LogP contribution in [0.5, 0.6) is 5.75 Å². The molecule has 1 aromatic rings. The van der Waals surface area contributed by atoms with Crippen LogP contribution in [0.4, 0.5) is 5.69 Å². The fraction of sp³-hybridized carbons (Fsp3) is 0.526. The van der Waals surface area contributed by atoms with Gasteiger partial charge in [-0.05, 0) is 37.5 Å². The zero-order valence-corrected chi connectivity index (χ0v) is 15.2. The summed E-state index contributed by atoms with van der Waals surface area (Å²) < 4.78 is 5.37. The van der Waals surface area contributed by atoms with Crippen molar-refractivity contribution in [3.05, 3.63) is 23.8 Å². The summed E-state index contributed by atoms with van der Waals surface area (Å²) >= 11 is 0. The van der Waals surface area contributed by atoms with Crippen molar-refractivity contribution in [2.45, 2.75) is 26.2 Å². The number of ether oxygens (including phenoxy) is 1. The molecule has 7 nitrogen and oxygen atoms in total. The highest BCUT2D eigenvalue weighted by molar-refractivity contribution is 6.01. The highest BCUT2D eigenvalue weighted by atomic mass is 16.5. The van der Waals surface area contributed by atoms with Crippen LogP contribution in [0.2, 0.25) is 0 Å². The van der Waals surface area contributed by atoms with Gasteiger partial charge in [0.1, 0.15) is 5.75 Å². The Morgan fingerprint density at radius 1 is 1.19 bits per heavy atom. The van der Waals surface area contributed by atoms with E-state index in [1.54, 1.807) is 16.9 Å². The van der Waals surface area contributed by atoms with Gasteiger partial charge in [0.2, 0.25) is 17.7 Å². The number of likely N-dealkylation sites (tertiary alicyclic amines) is 1. The second kappa shape index (κ2) is 7.35. The molecule has 2 saturated heterocycles. The van der Waals surface area contributed by atoms with Crippen molar-refractivity contribution in [2.75, 3.05) is 31.6 Å². The van der Waals surface area contributed by atoms with Gasteiger partial charge in [0, 0.05) is 32.0 Å². The number of carbonyl (C=O) groups excluding carboxylic acids is 3. The van der Waals surface area contributed by atoms with Gasteiger partial charge in [0.15, 0.2) is 0 Å². The van der Waals surface area contributed by atoms with Crippen molar-refractivity contribution in [3.63, 3.8) is 0 Å². The van der Waals surface area contributed by atoms with Crippen LogP contribution < -0.4 is 15.4 Å². The maximum atomic E-state index is 12.8. The van der Waals surface area contributed by atoms with E-state index >= 15 is 0 Å². The Morgan fingerprint density at radius 3 is 2.50 bits per heavy atom. The van der Waals surface area contributed by atoms with Crippen molar-refractivity contribution in [3.8, 4) is 5.75 Å². The number of primary amides is 1. The van der Waals surface area contributed by atoms with E-state index in [-0.39, 0.29) is 36.0 Å². The molecule has 1 unspecified atom stereocenters. The fourth-order valence-electron chi connectivity index (χ4n) is 3.76. The number of rotatable bonds is 4. The lowest BCUT2D eigenvalue weighted by molar-refractivity contribution is -0.138. The van der Waals surface area contributed by atoms with Crippen molar-refractivity contribution >= 4 is 23.4 Å². The summed E-state index contributed by atoms with van der Waals surface area (Å²) in [5.74, 6) is -0.282. The van der Waals surface area contributed by atoms with Crippen LogP contribution in [0.3, 0.4) is 0 Å². The Balaban J connectivity index is 1.69. The number of hydrogen-bond donors (Lipinski definition) is 1. The van der Waals surface area contributed by atoms with Gasteiger partial charge in [0.05, 0.1) is 18.7 Å². The largest absolute Gasteiger partial charge is 0.495 e. The van der Waals surface area contributed by atoms with Crippen molar-refractivity contribution in [1.29, 1.82) is 0 Å². The van der Waals surface area contributed by atoms with Gasteiger partial charge >= 0.3 is 0 Å². The lowest BCUT2D eigenvalue weighted by Gasteiger charge is -2.32. The minimum Gasteiger partial charge on any atom is -0.495 e. The number of benzene rings is 1. The first-order valence-corrected chi connectivity index (χ1v) is 8.93. The van der Waals surface area contributed by atoms with E-state index in [0.717, 1.165) is 5.56 Å². The summed E-state index contributed by atoms with van der Waals surface area (Å²) in [6.07, 6.45) is 1.39. The molecule has 2 N–H and O–H groups in total. The smallest absolute Gasteiger partial charge is 0.228 e. The molecule has 0 radical (unpaired) electrons. The predicted molar refractivity (Wildman–Crippen MR) is 96.7 cm³/mol. The third-order valence-corrected chi connectivity index (χ3v) is 5.31. The lowest BCUT2D eigenvalue weighted by atomic mass is 9.95. The highest BCUT2D eigenvalue weighted by Crippen LogP contribution is 2.34. The third kappa shape index (κ3) is 3.52. The van der Waals surface area contributed by atoms with E-state index < -0.39 is 0 Å². The van der Waals surface area contributed by atoms with E-state index in [0.29, 0.717) is 43.9 Å².